The Morgan fingerprint density at radius 2 is 1.90 bits per heavy atom. The van der Waals surface area contributed by atoms with Crippen molar-refractivity contribution in [3.8, 4) is 0 Å². The third-order valence-corrected chi connectivity index (χ3v) is 4.06. The second-order valence-electron chi connectivity index (χ2n) is 4.51. The number of anilines is 1. The summed E-state index contributed by atoms with van der Waals surface area (Å²) in [6, 6.07) is 8.30. The normalized spacial score (nSPS) is 10.5. The van der Waals surface area contributed by atoms with Crippen LogP contribution >= 0.6 is 39.1 Å². The molecular weight excluding hydrogens is 379 g/mol. The molecule has 2 rings (SSSR count). The second-order valence-corrected chi connectivity index (χ2v) is 6.24. The summed E-state index contributed by atoms with van der Waals surface area (Å²) in [7, 11) is 0. The number of hydrogen-bond donors (Lipinski definition) is 1. The van der Waals surface area contributed by atoms with E-state index in [0.717, 1.165) is 11.1 Å². The van der Waals surface area contributed by atoms with Crippen LogP contribution in [0.25, 0.3) is 0 Å². The summed E-state index contributed by atoms with van der Waals surface area (Å²) in [5.41, 5.74) is 2.39. The van der Waals surface area contributed by atoms with Crippen LogP contribution in [0.4, 0.5) is 11.4 Å². The van der Waals surface area contributed by atoms with Crippen LogP contribution < -0.4 is 5.32 Å². The fourth-order valence-corrected chi connectivity index (χ4v) is 2.80. The first kappa shape index (κ1) is 16.1. The first-order valence-electron chi connectivity index (χ1n) is 6.00. The molecule has 0 bridgehead atoms. The molecule has 1 N–H and O–H groups in total. The molecule has 0 radical (unpaired) electrons. The van der Waals surface area contributed by atoms with E-state index in [0.29, 0.717) is 26.8 Å². The van der Waals surface area contributed by atoms with Crippen molar-refractivity contribution in [2.75, 3.05) is 5.32 Å². The van der Waals surface area contributed by atoms with Gasteiger partial charge in [0.2, 0.25) is 0 Å². The van der Waals surface area contributed by atoms with Gasteiger partial charge in [0.1, 0.15) is 0 Å². The molecule has 110 valence electrons. The molecule has 7 heteroatoms. The number of nitrogens with zero attached hydrogens (tertiary/aromatic N) is 1. The van der Waals surface area contributed by atoms with E-state index in [1.165, 1.54) is 12.1 Å². The first-order valence-corrected chi connectivity index (χ1v) is 7.55. The smallest absolute Gasteiger partial charge is 0.270 e. The Kier molecular flexibility index (Phi) is 5.08. The number of halogens is 3. The monoisotopic (exact) mass is 388 g/mol. The third kappa shape index (κ3) is 4.09. The number of hydrogen-bond acceptors (Lipinski definition) is 3. The van der Waals surface area contributed by atoms with Gasteiger partial charge in [0.25, 0.3) is 5.69 Å². The minimum atomic E-state index is -0.427. The van der Waals surface area contributed by atoms with E-state index in [1.807, 2.05) is 13.0 Å². The minimum absolute atomic E-state index is 0.0363. The first-order chi connectivity index (χ1) is 9.86. The van der Waals surface area contributed by atoms with Gasteiger partial charge in [-0.25, -0.2) is 0 Å². The highest BCUT2D eigenvalue weighted by Crippen LogP contribution is 2.29. The van der Waals surface area contributed by atoms with Crippen LogP contribution in [-0.2, 0) is 6.54 Å². The van der Waals surface area contributed by atoms with Gasteiger partial charge in [0, 0.05) is 28.2 Å². The van der Waals surface area contributed by atoms with Crippen LogP contribution in [0.2, 0.25) is 10.0 Å². The lowest BCUT2D eigenvalue weighted by atomic mass is 10.2. The number of nitro groups is 1. The van der Waals surface area contributed by atoms with Gasteiger partial charge in [-0.3, -0.25) is 10.1 Å². The van der Waals surface area contributed by atoms with Crippen molar-refractivity contribution in [2.45, 2.75) is 13.5 Å². The number of nitro benzene ring substituents is 1. The fraction of sp³-hybridized carbons (Fsp3) is 0.143. The molecule has 0 saturated heterocycles. The molecule has 0 aromatic heterocycles. The molecule has 4 nitrogen and oxygen atoms in total. The van der Waals surface area contributed by atoms with Crippen molar-refractivity contribution in [3.63, 3.8) is 0 Å². The van der Waals surface area contributed by atoms with Crippen molar-refractivity contribution in [2.24, 2.45) is 0 Å². The van der Waals surface area contributed by atoms with E-state index in [1.54, 1.807) is 12.1 Å². The van der Waals surface area contributed by atoms with Crippen molar-refractivity contribution < 1.29 is 4.92 Å². The Balaban J connectivity index is 2.20. The zero-order valence-electron chi connectivity index (χ0n) is 11.0. The molecule has 0 amide bonds. The maximum Gasteiger partial charge on any atom is 0.270 e. The molecule has 0 aliphatic heterocycles. The zero-order valence-corrected chi connectivity index (χ0v) is 14.1. The standard InChI is InChI=1S/C14H11BrCl2N2O2/c1-8-2-13(17)14(6-12(8)16)18-7-9-3-10(15)5-11(4-9)19(20)21/h2-6,18H,7H2,1H3. The summed E-state index contributed by atoms with van der Waals surface area (Å²) in [5, 5.41) is 15.1. The van der Waals surface area contributed by atoms with E-state index in [4.69, 9.17) is 23.2 Å². The van der Waals surface area contributed by atoms with Crippen LogP contribution in [0.3, 0.4) is 0 Å². The Hall–Kier alpha value is -1.30. The molecular formula is C14H11BrCl2N2O2. The van der Waals surface area contributed by atoms with Gasteiger partial charge in [0.05, 0.1) is 15.6 Å². The Labute approximate surface area is 140 Å². The Bertz CT molecular complexity index is 708. The van der Waals surface area contributed by atoms with Gasteiger partial charge in [-0.05, 0) is 36.2 Å². The predicted molar refractivity (Wildman–Crippen MR) is 89.3 cm³/mol. The third-order valence-electron chi connectivity index (χ3n) is 2.88. The number of non-ortho nitro benzene ring substituents is 1. The minimum Gasteiger partial charge on any atom is -0.380 e. The highest BCUT2D eigenvalue weighted by atomic mass is 79.9. The van der Waals surface area contributed by atoms with Gasteiger partial charge in [-0.2, -0.15) is 0 Å². The summed E-state index contributed by atoms with van der Waals surface area (Å²) >= 11 is 15.5. The van der Waals surface area contributed by atoms with E-state index in [2.05, 4.69) is 21.2 Å². The highest BCUT2D eigenvalue weighted by molar-refractivity contribution is 9.10. The molecule has 2 aromatic rings. The van der Waals surface area contributed by atoms with Crippen molar-refractivity contribution in [3.05, 3.63) is 66.1 Å². The molecule has 0 unspecified atom stereocenters. The quantitative estimate of drug-likeness (QED) is 0.548. The Morgan fingerprint density at radius 1 is 1.19 bits per heavy atom. The van der Waals surface area contributed by atoms with E-state index in [9.17, 15) is 10.1 Å². The molecule has 0 fully saturated rings. The van der Waals surface area contributed by atoms with Crippen LogP contribution in [-0.4, -0.2) is 4.92 Å². The molecule has 0 atom stereocenters. The fourth-order valence-electron chi connectivity index (χ4n) is 1.82. The average Bonchev–Trinajstić information content (AvgIpc) is 2.40. The largest absolute Gasteiger partial charge is 0.380 e. The van der Waals surface area contributed by atoms with E-state index in [-0.39, 0.29) is 5.69 Å². The molecule has 21 heavy (non-hydrogen) atoms. The maximum atomic E-state index is 10.8. The van der Waals surface area contributed by atoms with Gasteiger partial charge in [0.15, 0.2) is 0 Å². The lowest BCUT2D eigenvalue weighted by Gasteiger charge is -2.10. The number of nitrogens with one attached hydrogen (secondary N) is 1. The van der Waals surface area contributed by atoms with Crippen LogP contribution in [0.1, 0.15) is 11.1 Å². The lowest BCUT2D eigenvalue weighted by molar-refractivity contribution is -0.385. The molecule has 0 aliphatic carbocycles. The Morgan fingerprint density at radius 3 is 2.57 bits per heavy atom. The SMILES string of the molecule is Cc1cc(Cl)c(NCc2cc(Br)cc([N+](=O)[O-])c2)cc1Cl. The van der Waals surface area contributed by atoms with Crippen LogP contribution in [0, 0.1) is 17.0 Å². The summed E-state index contributed by atoms with van der Waals surface area (Å²) in [5.74, 6) is 0. The van der Waals surface area contributed by atoms with Gasteiger partial charge >= 0.3 is 0 Å². The van der Waals surface area contributed by atoms with Gasteiger partial charge in [-0.1, -0.05) is 39.1 Å². The number of aryl methyl sites for hydroxylation is 1. The van der Waals surface area contributed by atoms with Crippen molar-refractivity contribution >= 4 is 50.5 Å². The van der Waals surface area contributed by atoms with Crippen LogP contribution in [0.15, 0.2) is 34.8 Å². The number of benzene rings is 2. The summed E-state index contributed by atoms with van der Waals surface area (Å²) in [4.78, 5) is 10.4. The molecule has 0 saturated carbocycles. The highest BCUT2D eigenvalue weighted by Gasteiger charge is 2.10. The van der Waals surface area contributed by atoms with E-state index < -0.39 is 4.92 Å². The van der Waals surface area contributed by atoms with Crippen molar-refractivity contribution in [1.29, 1.82) is 0 Å². The number of rotatable bonds is 4. The molecule has 2 aromatic carbocycles. The van der Waals surface area contributed by atoms with Gasteiger partial charge in [-0.15, -0.1) is 0 Å². The summed E-state index contributed by atoms with van der Waals surface area (Å²) in [6.45, 7) is 2.27. The summed E-state index contributed by atoms with van der Waals surface area (Å²) in [6.07, 6.45) is 0. The predicted octanol–water partition coefficient (Wildman–Crippen LogP) is 5.58. The molecule has 0 heterocycles. The summed E-state index contributed by atoms with van der Waals surface area (Å²) < 4.78 is 0.654. The lowest BCUT2D eigenvalue weighted by Crippen LogP contribution is -2.01. The second kappa shape index (κ2) is 6.64. The zero-order chi connectivity index (χ0) is 15.6. The topological polar surface area (TPSA) is 55.2 Å². The molecule has 0 spiro atoms. The molecule has 0 aliphatic rings. The van der Waals surface area contributed by atoms with Gasteiger partial charge < -0.3 is 5.32 Å². The average molecular weight is 390 g/mol. The van der Waals surface area contributed by atoms with Crippen molar-refractivity contribution in [1.82, 2.24) is 0 Å². The maximum absolute atomic E-state index is 10.8. The van der Waals surface area contributed by atoms with E-state index >= 15 is 0 Å². The van der Waals surface area contributed by atoms with Crippen LogP contribution in [0.5, 0.6) is 0 Å².